The van der Waals surface area contributed by atoms with Crippen LogP contribution in [0.4, 0.5) is 0 Å². The number of pyridine rings is 1. The number of carbonyl (C=O) groups excluding carboxylic acids is 2. The number of nitrogens with one attached hydrogen (secondary N) is 1. The fourth-order valence-corrected chi connectivity index (χ4v) is 4.05. The number of methoxy groups -OCH3 is 1. The van der Waals surface area contributed by atoms with Crippen LogP contribution in [0.2, 0.25) is 5.15 Å². The van der Waals surface area contributed by atoms with Crippen LogP contribution in [-0.2, 0) is 9.53 Å². The van der Waals surface area contributed by atoms with Crippen LogP contribution >= 0.6 is 11.6 Å². The van der Waals surface area contributed by atoms with E-state index in [9.17, 15) is 9.59 Å². The van der Waals surface area contributed by atoms with Crippen LogP contribution in [0.5, 0.6) is 0 Å². The number of hydrogen-bond acceptors (Lipinski definition) is 7. The SMILES string of the molecule is C=CC(=O)N1C[C@H](c2cc(Cl)nc(-c3cc(C(=O)NC)ncn3)c2)N(CCOC)C[C@H]1C. The van der Waals surface area contributed by atoms with Gasteiger partial charge in [0.25, 0.3) is 5.91 Å². The summed E-state index contributed by atoms with van der Waals surface area (Å²) >= 11 is 6.38. The number of nitrogens with zero attached hydrogens (tertiary/aromatic N) is 5. The molecule has 170 valence electrons. The van der Waals surface area contributed by atoms with Gasteiger partial charge in [-0.25, -0.2) is 15.0 Å². The summed E-state index contributed by atoms with van der Waals surface area (Å²) in [5.74, 6) is -0.429. The van der Waals surface area contributed by atoms with E-state index in [4.69, 9.17) is 16.3 Å². The Bertz CT molecular complexity index is 1000. The first-order valence-corrected chi connectivity index (χ1v) is 10.6. The molecule has 10 heteroatoms. The lowest BCUT2D eigenvalue weighted by Gasteiger charge is -2.45. The predicted octanol–water partition coefficient (Wildman–Crippen LogP) is 1.96. The van der Waals surface area contributed by atoms with Crippen molar-refractivity contribution in [2.75, 3.05) is 40.4 Å². The molecule has 0 aliphatic carbocycles. The van der Waals surface area contributed by atoms with E-state index < -0.39 is 0 Å². The van der Waals surface area contributed by atoms with Crippen molar-refractivity contribution in [2.24, 2.45) is 0 Å². The largest absolute Gasteiger partial charge is 0.383 e. The van der Waals surface area contributed by atoms with Crippen molar-refractivity contribution in [3.05, 3.63) is 53.6 Å². The highest BCUT2D eigenvalue weighted by molar-refractivity contribution is 6.29. The van der Waals surface area contributed by atoms with E-state index in [1.807, 2.05) is 17.9 Å². The highest BCUT2D eigenvalue weighted by atomic mass is 35.5. The van der Waals surface area contributed by atoms with E-state index in [-0.39, 0.29) is 29.6 Å². The van der Waals surface area contributed by atoms with Gasteiger partial charge in [0, 0.05) is 39.8 Å². The number of amides is 2. The monoisotopic (exact) mass is 458 g/mol. The second-order valence-electron chi connectivity index (χ2n) is 7.52. The third-order valence-electron chi connectivity index (χ3n) is 5.47. The molecular weight excluding hydrogens is 432 g/mol. The highest BCUT2D eigenvalue weighted by Gasteiger charge is 2.34. The van der Waals surface area contributed by atoms with E-state index in [1.165, 1.54) is 19.5 Å². The molecule has 1 N–H and O–H groups in total. The third kappa shape index (κ3) is 5.29. The number of ether oxygens (including phenoxy) is 1. The van der Waals surface area contributed by atoms with Gasteiger partial charge in [-0.1, -0.05) is 18.2 Å². The molecule has 1 fully saturated rings. The summed E-state index contributed by atoms with van der Waals surface area (Å²) in [7, 11) is 3.20. The van der Waals surface area contributed by atoms with Crippen molar-refractivity contribution in [2.45, 2.75) is 19.0 Å². The van der Waals surface area contributed by atoms with Crippen molar-refractivity contribution < 1.29 is 14.3 Å². The van der Waals surface area contributed by atoms with Crippen molar-refractivity contribution in [3.63, 3.8) is 0 Å². The first kappa shape index (κ1) is 23.8. The van der Waals surface area contributed by atoms with Gasteiger partial charge in [-0.2, -0.15) is 0 Å². The second kappa shape index (κ2) is 10.6. The number of halogens is 1. The van der Waals surface area contributed by atoms with Crippen LogP contribution < -0.4 is 5.32 Å². The van der Waals surface area contributed by atoms with Crippen molar-refractivity contribution in [1.29, 1.82) is 0 Å². The standard InChI is InChI=1S/C22H27ClN6O3/c1-5-21(30)29-12-19(28(6-7-32-4)11-14(29)2)15-8-17(27-20(23)9-15)16-10-18(22(31)24-3)26-13-25-16/h5,8-10,13-14,19H,1,6-7,11-12H2,2-4H3,(H,24,31)/t14-,19-/m1/s1. The van der Waals surface area contributed by atoms with Gasteiger partial charge in [-0.15, -0.1) is 0 Å². The summed E-state index contributed by atoms with van der Waals surface area (Å²) in [4.78, 5) is 41.2. The molecular formula is C22H27ClN6O3. The van der Waals surface area contributed by atoms with Gasteiger partial charge in [0.2, 0.25) is 5.91 Å². The summed E-state index contributed by atoms with van der Waals surface area (Å²) in [5.41, 5.74) is 2.13. The Hall–Kier alpha value is -2.88. The van der Waals surface area contributed by atoms with Crippen LogP contribution in [0.15, 0.2) is 37.2 Å². The number of hydrogen-bond donors (Lipinski definition) is 1. The first-order valence-electron chi connectivity index (χ1n) is 10.3. The molecule has 1 saturated heterocycles. The molecule has 0 radical (unpaired) electrons. The maximum atomic E-state index is 12.4. The minimum atomic E-state index is -0.318. The Labute approximate surface area is 192 Å². The van der Waals surface area contributed by atoms with Crippen LogP contribution in [0.3, 0.4) is 0 Å². The fraction of sp³-hybridized carbons (Fsp3) is 0.409. The predicted molar refractivity (Wildman–Crippen MR) is 121 cm³/mol. The van der Waals surface area contributed by atoms with Gasteiger partial charge in [0.1, 0.15) is 17.2 Å². The second-order valence-corrected chi connectivity index (χ2v) is 7.91. The molecule has 0 aromatic carbocycles. The van der Waals surface area contributed by atoms with Gasteiger partial charge in [-0.3, -0.25) is 14.5 Å². The summed E-state index contributed by atoms with van der Waals surface area (Å²) in [6.07, 6.45) is 2.66. The van der Waals surface area contributed by atoms with Crippen LogP contribution in [-0.4, -0.2) is 83.0 Å². The topological polar surface area (TPSA) is 101 Å². The zero-order valence-corrected chi connectivity index (χ0v) is 19.2. The fourth-order valence-electron chi connectivity index (χ4n) is 3.83. The summed E-state index contributed by atoms with van der Waals surface area (Å²) in [6, 6.07) is 5.16. The molecule has 2 atom stereocenters. The Morgan fingerprint density at radius 1 is 1.28 bits per heavy atom. The summed E-state index contributed by atoms with van der Waals surface area (Å²) in [5, 5.41) is 2.84. The zero-order chi connectivity index (χ0) is 23.3. The van der Waals surface area contributed by atoms with Gasteiger partial charge >= 0.3 is 0 Å². The average molecular weight is 459 g/mol. The Kier molecular flexibility index (Phi) is 7.89. The minimum Gasteiger partial charge on any atom is -0.383 e. The van der Waals surface area contributed by atoms with Crippen LogP contribution in [0.25, 0.3) is 11.4 Å². The molecule has 2 aromatic heterocycles. The molecule has 0 saturated carbocycles. The van der Waals surface area contributed by atoms with Crippen molar-refractivity contribution >= 4 is 23.4 Å². The Morgan fingerprint density at radius 2 is 2.06 bits per heavy atom. The van der Waals surface area contributed by atoms with E-state index in [0.717, 1.165) is 5.56 Å². The molecule has 0 unspecified atom stereocenters. The smallest absolute Gasteiger partial charge is 0.269 e. The quantitative estimate of drug-likeness (QED) is 0.500. The molecule has 2 amide bonds. The van der Waals surface area contributed by atoms with Crippen molar-refractivity contribution in [1.82, 2.24) is 30.1 Å². The van der Waals surface area contributed by atoms with E-state index in [1.54, 1.807) is 19.2 Å². The van der Waals surface area contributed by atoms with E-state index in [2.05, 4.69) is 31.7 Å². The maximum Gasteiger partial charge on any atom is 0.269 e. The number of carbonyl (C=O) groups is 2. The minimum absolute atomic E-state index is 0.0300. The average Bonchev–Trinajstić information content (AvgIpc) is 2.81. The maximum absolute atomic E-state index is 12.4. The lowest BCUT2D eigenvalue weighted by Crippen LogP contribution is -2.55. The number of aromatic nitrogens is 3. The lowest BCUT2D eigenvalue weighted by atomic mass is 9.99. The molecule has 32 heavy (non-hydrogen) atoms. The van der Waals surface area contributed by atoms with Crippen LogP contribution in [0, 0.1) is 0 Å². The van der Waals surface area contributed by atoms with Gasteiger partial charge in [0.15, 0.2) is 0 Å². The molecule has 1 aliphatic heterocycles. The highest BCUT2D eigenvalue weighted by Crippen LogP contribution is 2.31. The van der Waals surface area contributed by atoms with E-state index in [0.29, 0.717) is 42.8 Å². The molecule has 1 aliphatic rings. The molecule has 3 rings (SSSR count). The Balaban J connectivity index is 2.00. The molecule has 0 spiro atoms. The lowest BCUT2D eigenvalue weighted by molar-refractivity contribution is -0.132. The van der Waals surface area contributed by atoms with Crippen LogP contribution in [0.1, 0.15) is 29.0 Å². The molecule has 0 bridgehead atoms. The number of piperazine rings is 1. The molecule has 3 heterocycles. The first-order chi connectivity index (χ1) is 15.4. The summed E-state index contributed by atoms with van der Waals surface area (Å²) in [6.45, 7) is 8.06. The molecule has 9 nitrogen and oxygen atoms in total. The van der Waals surface area contributed by atoms with E-state index >= 15 is 0 Å². The summed E-state index contributed by atoms with van der Waals surface area (Å²) < 4.78 is 5.29. The Morgan fingerprint density at radius 3 is 2.75 bits per heavy atom. The van der Waals surface area contributed by atoms with Gasteiger partial charge in [0.05, 0.1) is 24.0 Å². The normalized spacial score (nSPS) is 18.9. The van der Waals surface area contributed by atoms with Gasteiger partial charge in [-0.05, 0) is 36.8 Å². The van der Waals surface area contributed by atoms with Gasteiger partial charge < -0.3 is 15.0 Å². The third-order valence-corrected chi connectivity index (χ3v) is 5.67. The zero-order valence-electron chi connectivity index (χ0n) is 18.4. The number of rotatable bonds is 7. The van der Waals surface area contributed by atoms with Crippen molar-refractivity contribution in [3.8, 4) is 11.4 Å². The molecule has 2 aromatic rings.